The molecule has 1 aliphatic heterocycles. The van der Waals surface area contributed by atoms with Gasteiger partial charge in [-0.05, 0) is 31.1 Å². The summed E-state index contributed by atoms with van der Waals surface area (Å²) in [6.45, 7) is 9.36. The monoisotopic (exact) mass is 292 g/mol. The predicted octanol–water partition coefficient (Wildman–Crippen LogP) is 1.62. The quantitative estimate of drug-likeness (QED) is 0.692. The Balaban J connectivity index is 2.20. The van der Waals surface area contributed by atoms with Crippen LogP contribution in [0.2, 0.25) is 0 Å². The van der Waals surface area contributed by atoms with Crippen molar-refractivity contribution in [2.75, 3.05) is 32.8 Å². The largest absolute Gasteiger partial charge is 0.381 e. The van der Waals surface area contributed by atoms with Crippen LogP contribution in [0.15, 0.2) is 0 Å². The van der Waals surface area contributed by atoms with Crippen molar-refractivity contribution in [3.8, 4) is 0 Å². The van der Waals surface area contributed by atoms with Gasteiger partial charge in [0.1, 0.15) is 0 Å². The summed E-state index contributed by atoms with van der Waals surface area (Å²) in [5.74, 6) is 0.978. The van der Waals surface area contributed by atoms with Crippen LogP contribution in [0, 0.1) is 11.8 Å². The van der Waals surface area contributed by atoms with Gasteiger partial charge in [-0.15, -0.1) is 0 Å². The fourth-order valence-corrected chi connectivity index (χ4v) is 3.56. The molecule has 1 unspecified atom stereocenters. The van der Waals surface area contributed by atoms with Gasteiger partial charge in [-0.2, -0.15) is 12.7 Å². The highest BCUT2D eigenvalue weighted by atomic mass is 32.2. The molecule has 5 nitrogen and oxygen atoms in total. The average molecular weight is 292 g/mol. The van der Waals surface area contributed by atoms with Crippen molar-refractivity contribution in [3.05, 3.63) is 0 Å². The SMILES string of the molecule is CC(C)COCCCNS(=O)(=O)N1CCCC(C)C1. The molecule has 0 bridgehead atoms. The summed E-state index contributed by atoms with van der Waals surface area (Å²) in [6, 6.07) is 0. The zero-order chi connectivity index (χ0) is 14.3. The maximum absolute atomic E-state index is 12.0. The summed E-state index contributed by atoms with van der Waals surface area (Å²) >= 11 is 0. The lowest BCUT2D eigenvalue weighted by Gasteiger charge is -2.29. The van der Waals surface area contributed by atoms with Gasteiger partial charge >= 0.3 is 0 Å². The highest BCUT2D eigenvalue weighted by molar-refractivity contribution is 7.87. The van der Waals surface area contributed by atoms with Crippen molar-refractivity contribution in [2.24, 2.45) is 11.8 Å². The third kappa shape index (κ3) is 6.70. The van der Waals surface area contributed by atoms with Crippen molar-refractivity contribution in [1.82, 2.24) is 9.03 Å². The first-order valence-corrected chi connectivity index (χ1v) is 8.68. The minimum atomic E-state index is -3.29. The number of rotatable bonds is 8. The second-order valence-electron chi connectivity index (χ2n) is 5.83. The van der Waals surface area contributed by atoms with Gasteiger partial charge in [0, 0.05) is 32.8 Å². The molecule has 19 heavy (non-hydrogen) atoms. The standard InChI is InChI=1S/C13H28N2O3S/c1-12(2)11-18-9-5-7-14-19(16,17)15-8-4-6-13(3)10-15/h12-14H,4-11H2,1-3H3. The second-order valence-corrected chi connectivity index (χ2v) is 7.58. The molecule has 1 fully saturated rings. The van der Waals surface area contributed by atoms with E-state index >= 15 is 0 Å². The molecule has 6 heteroatoms. The van der Waals surface area contributed by atoms with Crippen LogP contribution in [0.3, 0.4) is 0 Å². The zero-order valence-corrected chi connectivity index (χ0v) is 13.2. The Morgan fingerprint density at radius 1 is 1.42 bits per heavy atom. The van der Waals surface area contributed by atoms with Crippen LogP contribution < -0.4 is 4.72 Å². The Hall–Kier alpha value is -0.170. The molecule has 1 N–H and O–H groups in total. The van der Waals surface area contributed by atoms with Gasteiger partial charge in [0.25, 0.3) is 10.2 Å². The summed E-state index contributed by atoms with van der Waals surface area (Å²) in [7, 11) is -3.29. The molecule has 1 saturated heterocycles. The Morgan fingerprint density at radius 2 is 2.16 bits per heavy atom. The van der Waals surface area contributed by atoms with E-state index in [-0.39, 0.29) is 0 Å². The maximum atomic E-state index is 12.0. The van der Waals surface area contributed by atoms with Crippen LogP contribution in [0.4, 0.5) is 0 Å². The molecule has 0 spiro atoms. The van der Waals surface area contributed by atoms with Gasteiger partial charge in [0.15, 0.2) is 0 Å². The zero-order valence-electron chi connectivity index (χ0n) is 12.4. The normalized spacial score (nSPS) is 22.0. The molecule has 1 aliphatic rings. The Labute approximate surface area is 117 Å². The number of ether oxygens (including phenoxy) is 1. The van der Waals surface area contributed by atoms with Gasteiger partial charge < -0.3 is 4.74 Å². The van der Waals surface area contributed by atoms with Crippen LogP contribution >= 0.6 is 0 Å². The lowest BCUT2D eigenvalue weighted by atomic mass is 10.0. The average Bonchev–Trinajstić information content (AvgIpc) is 2.33. The second kappa shape index (κ2) is 8.19. The van der Waals surface area contributed by atoms with E-state index < -0.39 is 10.2 Å². The van der Waals surface area contributed by atoms with E-state index in [1.807, 2.05) is 0 Å². The fourth-order valence-electron chi connectivity index (χ4n) is 2.15. The molecule has 1 heterocycles. The fraction of sp³-hybridized carbons (Fsp3) is 1.00. The summed E-state index contributed by atoms with van der Waals surface area (Å²) in [5, 5.41) is 0. The molecule has 1 atom stereocenters. The molecule has 0 aromatic rings. The van der Waals surface area contributed by atoms with Crippen molar-refractivity contribution < 1.29 is 13.2 Å². The van der Waals surface area contributed by atoms with E-state index in [0.29, 0.717) is 38.1 Å². The van der Waals surface area contributed by atoms with Gasteiger partial charge in [0.2, 0.25) is 0 Å². The van der Waals surface area contributed by atoms with Crippen LogP contribution in [0.25, 0.3) is 0 Å². The topological polar surface area (TPSA) is 58.6 Å². The minimum absolute atomic E-state index is 0.450. The Bertz CT molecular complexity index is 344. The van der Waals surface area contributed by atoms with Crippen LogP contribution in [-0.2, 0) is 14.9 Å². The van der Waals surface area contributed by atoms with Crippen molar-refractivity contribution >= 4 is 10.2 Å². The van der Waals surface area contributed by atoms with Crippen molar-refractivity contribution in [1.29, 1.82) is 0 Å². The molecule has 0 aromatic heterocycles. The summed E-state index contributed by atoms with van der Waals surface area (Å²) in [4.78, 5) is 0. The lowest BCUT2D eigenvalue weighted by molar-refractivity contribution is 0.108. The van der Waals surface area contributed by atoms with E-state index in [0.717, 1.165) is 25.9 Å². The van der Waals surface area contributed by atoms with E-state index in [1.165, 1.54) is 0 Å². The van der Waals surface area contributed by atoms with Crippen molar-refractivity contribution in [3.63, 3.8) is 0 Å². The van der Waals surface area contributed by atoms with Crippen LogP contribution in [0.5, 0.6) is 0 Å². The Kier molecular flexibility index (Phi) is 7.28. The van der Waals surface area contributed by atoms with E-state index in [9.17, 15) is 8.42 Å². The number of piperidine rings is 1. The first-order valence-electron chi connectivity index (χ1n) is 7.24. The third-order valence-electron chi connectivity index (χ3n) is 3.16. The smallest absolute Gasteiger partial charge is 0.279 e. The number of hydrogen-bond donors (Lipinski definition) is 1. The third-order valence-corrected chi connectivity index (χ3v) is 4.74. The molecule has 0 radical (unpaired) electrons. The molecule has 0 amide bonds. The number of nitrogens with zero attached hydrogens (tertiary/aromatic N) is 1. The van der Waals surface area contributed by atoms with Gasteiger partial charge in [-0.3, -0.25) is 0 Å². The van der Waals surface area contributed by atoms with E-state index in [1.54, 1.807) is 4.31 Å². The molecule has 1 rings (SSSR count). The predicted molar refractivity (Wildman–Crippen MR) is 77.2 cm³/mol. The molecule has 0 aliphatic carbocycles. The molecular formula is C13H28N2O3S. The van der Waals surface area contributed by atoms with Crippen LogP contribution in [0.1, 0.15) is 40.0 Å². The molecule has 114 valence electrons. The number of hydrogen-bond acceptors (Lipinski definition) is 3. The van der Waals surface area contributed by atoms with Gasteiger partial charge in [0.05, 0.1) is 0 Å². The van der Waals surface area contributed by atoms with Gasteiger partial charge in [-0.1, -0.05) is 20.8 Å². The highest BCUT2D eigenvalue weighted by Crippen LogP contribution is 2.17. The summed E-state index contributed by atoms with van der Waals surface area (Å²) in [5.41, 5.74) is 0. The first-order chi connectivity index (χ1) is 8.92. The minimum Gasteiger partial charge on any atom is -0.381 e. The first kappa shape index (κ1) is 16.9. The van der Waals surface area contributed by atoms with E-state index in [2.05, 4.69) is 25.5 Å². The lowest BCUT2D eigenvalue weighted by Crippen LogP contribution is -2.45. The van der Waals surface area contributed by atoms with E-state index in [4.69, 9.17) is 4.74 Å². The molecule has 0 saturated carbocycles. The Morgan fingerprint density at radius 3 is 2.79 bits per heavy atom. The molecular weight excluding hydrogens is 264 g/mol. The summed E-state index contributed by atoms with van der Waals surface area (Å²) in [6.07, 6.45) is 2.80. The molecule has 0 aromatic carbocycles. The van der Waals surface area contributed by atoms with Gasteiger partial charge in [-0.25, -0.2) is 4.72 Å². The van der Waals surface area contributed by atoms with Crippen LogP contribution in [-0.4, -0.2) is 45.6 Å². The summed E-state index contributed by atoms with van der Waals surface area (Å²) < 4.78 is 33.7. The maximum Gasteiger partial charge on any atom is 0.279 e. The highest BCUT2D eigenvalue weighted by Gasteiger charge is 2.26. The number of nitrogens with one attached hydrogen (secondary N) is 1. The van der Waals surface area contributed by atoms with Crippen molar-refractivity contribution in [2.45, 2.75) is 40.0 Å².